The van der Waals surface area contributed by atoms with E-state index in [-0.39, 0.29) is 11.7 Å². The maximum Gasteiger partial charge on any atom is 0.326 e. The van der Waals surface area contributed by atoms with E-state index < -0.39 is 35.4 Å². The SMILES string of the molecule is CCC(C)C(NC(=O)C1=C(O)C2C3=C(CCCC3)SN2NC1=O)C(=O)O. The van der Waals surface area contributed by atoms with Crippen molar-refractivity contribution in [2.45, 2.75) is 58.0 Å². The minimum Gasteiger partial charge on any atom is -0.509 e. The first kappa shape index (κ1) is 18.8. The Labute approximate surface area is 155 Å². The van der Waals surface area contributed by atoms with Crippen molar-refractivity contribution in [1.82, 2.24) is 15.2 Å². The molecule has 0 radical (unpaired) electrons. The number of aliphatic hydroxyl groups is 1. The number of hydrogen-bond acceptors (Lipinski definition) is 6. The number of hydrogen-bond donors (Lipinski definition) is 4. The number of aliphatic hydroxyl groups excluding tert-OH is 1. The molecule has 0 spiro atoms. The van der Waals surface area contributed by atoms with Gasteiger partial charge in [-0.2, -0.15) is 0 Å². The van der Waals surface area contributed by atoms with E-state index in [2.05, 4.69) is 10.7 Å². The van der Waals surface area contributed by atoms with Gasteiger partial charge in [-0.05, 0) is 49.1 Å². The van der Waals surface area contributed by atoms with Gasteiger partial charge in [0.15, 0.2) is 0 Å². The summed E-state index contributed by atoms with van der Waals surface area (Å²) in [5, 5.41) is 22.4. The third kappa shape index (κ3) is 3.21. The zero-order valence-electron chi connectivity index (χ0n) is 14.7. The zero-order chi connectivity index (χ0) is 19.0. The number of rotatable bonds is 5. The lowest BCUT2D eigenvalue weighted by molar-refractivity contribution is -0.143. The van der Waals surface area contributed by atoms with Crippen LogP contribution < -0.4 is 10.7 Å². The molecule has 0 fully saturated rings. The van der Waals surface area contributed by atoms with E-state index in [1.54, 1.807) is 11.3 Å². The highest BCUT2D eigenvalue weighted by molar-refractivity contribution is 8.01. The lowest BCUT2D eigenvalue weighted by Gasteiger charge is -2.31. The topological polar surface area (TPSA) is 119 Å². The van der Waals surface area contributed by atoms with Crippen LogP contribution in [0.1, 0.15) is 46.0 Å². The summed E-state index contributed by atoms with van der Waals surface area (Å²) in [6, 6.07) is -1.68. The van der Waals surface area contributed by atoms with Crippen molar-refractivity contribution in [3.05, 3.63) is 21.8 Å². The number of hydrazine groups is 1. The van der Waals surface area contributed by atoms with Gasteiger partial charge >= 0.3 is 5.97 Å². The molecule has 9 heteroatoms. The predicted molar refractivity (Wildman–Crippen MR) is 95.5 cm³/mol. The Kier molecular flexibility index (Phi) is 5.29. The van der Waals surface area contributed by atoms with Crippen LogP contribution >= 0.6 is 11.9 Å². The average Bonchev–Trinajstić information content (AvgIpc) is 2.96. The summed E-state index contributed by atoms with van der Waals surface area (Å²) < 4.78 is 1.58. The lowest BCUT2D eigenvalue weighted by atomic mass is 9.90. The second-order valence-electron chi connectivity index (χ2n) is 6.85. The molecule has 0 saturated heterocycles. The highest BCUT2D eigenvalue weighted by atomic mass is 32.2. The summed E-state index contributed by atoms with van der Waals surface area (Å²) in [4.78, 5) is 37.5. The maximum absolute atomic E-state index is 12.6. The number of carbonyl (C=O) groups is 3. The Balaban J connectivity index is 1.89. The summed E-state index contributed by atoms with van der Waals surface area (Å²) in [6.45, 7) is 3.53. The number of carboxylic acid groups (broad SMARTS) is 1. The number of allylic oxidation sites excluding steroid dienone is 1. The molecular weight excluding hydrogens is 358 g/mol. The standard InChI is InChI=1S/C17H23N3O5S/c1-3-8(2)12(17(24)25)18-15(22)11-14(21)13-9-6-4-5-7-10(9)26-20(13)19-16(11)23/h8,12-13,21H,3-7H2,1-2H3,(H,18,22)(H,19,23)(H,24,25). The van der Waals surface area contributed by atoms with Gasteiger partial charge in [-0.1, -0.05) is 20.3 Å². The summed E-state index contributed by atoms with van der Waals surface area (Å²) in [6.07, 6.45) is 4.32. The molecule has 0 aromatic carbocycles. The number of fused-ring (bicyclic) bond motifs is 2. The molecule has 3 atom stereocenters. The molecule has 8 nitrogen and oxygen atoms in total. The molecule has 0 bridgehead atoms. The Hall–Kier alpha value is -2.00. The fourth-order valence-corrected chi connectivity index (χ4v) is 4.76. The van der Waals surface area contributed by atoms with Gasteiger partial charge in [-0.3, -0.25) is 15.0 Å². The molecule has 26 heavy (non-hydrogen) atoms. The Bertz CT molecular complexity index is 717. The van der Waals surface area contributed by atoms with Crippen LogP contribution in [0.2, 0.25) is 0 Å². The number of carboxylic acids is 1. The fraction of sp³-hybridized carbons (Fsp3) is 0.588. The van der Waals surface area contributed by atoms with Crippen LogP contribution in [-0.4, -0.2) is 44.5 Å². The van der Waals surface area contributed by atoms with Crippen LogP contribution in [0.25, 0.3) is 0 Å². The first-order chi connectivity index (χ1) is 12.3. The van der Waals surface area contributed by atoms with Crippen LogP contribution in [0.15, 0.2) is 21.8 Å². The number of carbonyl (C=O) groups excluding carboxylic acids is 2. The summed E-state index contributed by atoms with van der Waals surface area (Å²) >= 11 is 1.39. The van der Waals surface area contributed by atoms with Gasteiger partial charge in [0.1, 0.15) is 23.4 Å². The van der Waals surface area contributed by atoms with Crippen LogP contribution in [-0.2, 0) is 14.4 Å². The number of amides is 2. The zero-order valence-corrected chi connectivity index (χ0v) is 15.6. The van der Waals surface area contributed by atoms with E-state index >= 15 is 0 Å². The molecule has 3 unspecified atom stereocenters. The molecule has 0 aromatic heterocycles. The molecule has 2 heterocycles. The van der Waals surface area contributed by atoms with Gasteiger partial charge in [0, 0.05) is 4.91 Å². The van der Waals surface area contributed by atoms with Crippen molar-refractivity contribution < 1.29 is 24.6 Å². The average molecular weight is 381 g/mol. The van der Waals surface area contributed by atoms with E-state index in [0.29, 0.717) is 6.42 Å². The van der Waals surface area contributed by atoms with E-state index in [1.165, 1.54) is 11.9 Å². The van der Waals surface area contributed by atoms with Crippen LogP contribution in [0.5, 0.6) is 0 Å². The molecule has 2 amide bonds. The minimum absolute atomic E-state index is 0.307. The summed E-state index contributed by atoms with van der Waals surface area (Å²) in [5.41, 5.74) is 3.26. The first-order valence-corrected chi connectivity index (χ1v) is 9.59. The Morgan fingerprint density at radius 3 is 2.73 bits per heavy atom. The summed E-state index contributed by atoms with van der Waals surface area (Å²) in [7, 11) is 0. The molecule has 0 aromatic rings. The molecular formula is C17H23N3O5S. The first-order valence-electron chi connectivity index (χ1n) is 8.82. The smallest absolute Gasteiger partial charge is 0.326 e. The Morgan fingerprint density at radius 1 is 1.38 bits per heavy atom. The van der Waals surface area contributed by atoms with Gasteiger partial charge < -0.3 is 15.5 Å². The van der Waals surface area contributed by atoms with Gasteiger partial charge in [-0.25, -0.2) is 4.79 Å². The van der Waals surface area contributed by atoms with E-state index in [9.17, 15) is 24.6 Å². The summed E-state index contributed by atoms with van der Waals surface area (Å²) in [5.74, 6) is -3.37. The third-order valence-corrected chi connectivity index (χ3v) is 6.36. The van der Waals surface area contributed by atoms with E-state index in [0.717, 1.165) is 36.2 Å². The van der Waals surface area contributed by atoms with Crippen LogP contribution in [0.4, 0.5) is 0 Å². The fourth-order valence-electron chi connectivity index (χ4n) is 3.50. The van der Waals surface area contributed by atoms with Crippen LogP contribution in [0, 0.1) is 5.92 Å². The Morgan fingerprint density at radius 2 is 2.08 bits per heavy atom. The number of nitrogens with one attached hydrogen (secondary N) is 2. The second kappa shape index (κ2) is 7.32. The largest absolute Gasteiger partial charge is 0.509 e. The third-order valence-electron chi connectivity index (χ3n) is 5.18. The van der Waals surface area contributed by atoms with Crippen molar-refractivity contribution in [3.8, 4) is 0 Å². The van der Waals surface area contributed by atoms with Gasteiger partial charge in [-0.15, -0.1) is 4.41 Å². The maximum atomic E-state index is 12.6. The monoisotopic (exact) mass is 381 g/mol. The molecule has 3 aliphatic rings. The van der Waals surface area contributed by atoms with Crippen molar-refractivity contribution in [2.24, 2.45) is 5.92 Å². The van der Waals surface area contributed by atoms with Crippen molar-refractivity contribution in [2.75, 3.05) is 0 Å². The normalized spacial score (nSPS) is 25.3. The molecule has 3 rings (SSSR count). The minimum atomic E-state index is -1.17. The molecule has 2 aliphatic heterocycles. The van der Waals surface area contributed by atoms with E-state index in [4.69, 9.17) is 0 Å². The highest BCUT2D eigenvalue weighted by Gasteiger charge is 2.46. The number of nitrogens with zero attached hydrogens (tertiary/aromatic N) is 1. The molecule has 0 saturated carbocycles. The van der Waals surface area contributed by atoms with E-state index in [1.807, 2.05) is 6.92 Å². The van der Waals surface area contributed by atoms with Crippen molar-refractivity contribution in [3.63, 3.8) is 0 Å². The van der Waals surface area contributed by atoms with Gasteiger partial charge in [0.2, 0.25) is 0 Å². The highest BCUT2D eigenvalue weighted by Crippen LogP contribution is 2.47. The lowest BCUT2D eigenvalue weighted by Crippen LogP contribution is -2.54. The van der Waals surface area contributed by atoms with Gasteiger partial charge in [0.05, 0.1) is 0 Å². The predicted octanol–water partition coefficient (Wildman–Crippen LogP) is 1.62. The quantitative estimate of drug-likeness (QED) is 0.422. The van der Waals surface area contributed by atoms with Crippen molar-refractivity contribution >= 4 is 29.7 Å². The molecule has 1 aliphatic carbocycles. The second-order valence-corrected chi connectivity index (χ2v) is 7.92. The van der Waals surface area contributed by atoms with Crippen LogP contribution in [0.3, 0.4) is 0 Å². The van der Waals surface area contributed by atoms with Gasteiger partial charge in [0.25, 0.3) is 11.8 Å². The molecule has 4 N–H and O–H groups in total. The molecule has 142 valence electrons. The number of aliphatic carboxylic acids is 1. The van der Waals surface area contributed by atoms with Crippen molar-refractivity contribution in [1.29, 1.82) is 0 Å².